The number of hydrogen-bond acceptors (Lipinski definition) is 2. The van der Waals surface area contributed by atoms with Crippen molar-refractivity contribution in [3.63, 3.8) is 0 Å². The van der Waals surface area contributed by atoms with Gasteiger partial charge in [0, 0.05) is 26.1 Å². The maximum atomic E-state index is 13.3. The molecule has 1 aliphatic carbocycles. The van der Waals surface area contributed by atoms with Gasteiger partial charge in [0.1, 0.15) is 5.82 Å². The number of amides is 2. The summed E-state index contributed by atoms with van der Waals surface area (Å²) < 4.78 is 13.3. The van der Waals surface area contributed by atoms with Crippen molar-refractivity contribution in [2.75, 3.05) is 19.6 Å². The zero-order valence-corrected chi connectivity index (χ0v) is 16.0. The van der Waals surface area contributed by atoms with Gasteiger partial charge in [-0.15, -0.1) is 0 Å². The van der Waals surface area contributed by atoms with Crippen LogP contribution in [-0.4, -0.2) is 47.3 Å². The van der Waals surface area contributed by atoms with E-state index in [0.717, 1.165) is 17.7 Å². The second-order valence-corrected chi connectivity index (χ2v) is 8.14. The molecule has 3 rings (SSSR count). The molecule has 1 aromatic rings. The Morgan fingerprint density at radius 3 is 2.65 bits per heavy atom. The van der Waals surface area contributed by atoms with E-state index in [0.29, 0.717) is 31.3 Å². The highest BCUT2D eigenvalue weighted by Crippen LogP contribution is 2.32. The molecule has 1 saturated heterocycles. The van der Waals surface area contributed by atoms with Crippen LogP contribution in [0.15, 0.2) is 18.2 Å². The first kappa shape index (κ1) is 18.9. The minimum absolute atomic E-state index is 0.0198. The van der Waals surface area contributed by atoms with Crippen molar-refractivity contribution in [2.24, 2.45) is 11.8 Å². The van der Waals surface area contributed by atoms with Gasteiger partial charge in [0.05, 0.1) is 12.5 Å². The smallest absolute Gasteiger partial charge is 0.227 e. The number of nitrogens with zero attached hydrogens (tertiary/aromatic N) is 2. The predicted octanol–water partition coefficient (Wildman–Crippen LogP) is 3.17. The Morgan fingerprint density at radius 1 is 1.31 bits per heavy atom. The number of carbonyl (C=O) groups excluding carboxylic acids is 2. The van der Waals surface area contributed by atoms with Crippen molar-refractivity contribution in [1.82, 2.24) is 9.80 Å². The van der Waals surface area contributed by atoms with Crippen LogP contribution in [0.1, 0.15) is 44.2 Å². The number of carbonyl (C=O) groups is 2. The topological polar surface area (TPSA) is 40.6 Å². The van der Waals surface area contributed by atoms with Crippen molar-refractivity contribution < 1.29 is 14.0 Å². The molecule has 0 radical (unpaired) electrons. The third kappa shape index (κ3) is 4.43. The highest BCUT2D eigenvalue weighted by Gasteiger charge is 2.36. The Labute approximate surface area is 155 Å². The number of rotatable bonds is 5. The van der Waals surface area contributed by atoms with E-state index in [1.807, 2.05) is 16.7 Å². The summed E-state index contributed by atoms with van der Waals surface area (Å²) in [4.78, 5) is 29.4. The lowest BCUT2D eigenvalue weighted by Crippen LogP contribution is -2.48. The summed E-state index contributed by atoms with van der Waals surface area (Å²) in [6, 6.07) is 4.62. The van der Waals surface area contributed by atoms with Crippen LogP contribution in [-0.2, 0) is 16.0 Å². The van der Waals surface area contributed by atoms with Crippen molar-refractivity contribution in [3.05, 3.63) is 35.1 Å². The average molecular weight is 360 g/mol. The Bertz CT molecular complexity index is 685. The molecular weight excluding hydrogens is 331 g/mol. The van der Waals surface area contributed by atoms with Gasteiger partial charge in [0.15, 0.2) is 0 Å². The van der Waals surface area contributed by atoms with Gasteiger partial charge in [0.25, 0.3) is 0 Å². The molecule has 1 atom stereocenters. The maximum absolute atomic E-state index is 13.3. The first-order valence-electron chi connectivity index (χ1n) is 9.67. The molecule has 0 unspecified atom stereocenters. The molecule has 1 aromatic carbocycles. The standard InChI is InChI=1S/C21H29FN2O2/c1-14(2)19-13-23(9-8-20(25)24(19)12-16-4-5-16)21(26)11-17-6-7-18(22)10-15(17)3/h6-7,10,14,16,19H,4-5,8-9,11-13H2,1-3H3/t19-/m0/s1. The highest BCUT2D eigenvalue weighted by atomic mass is 19.1. The summed E-state index contributed by atoms with van der Waals surface area (Å²) in [6.45, 7) is 7.97. The number of benzene rings is 1. The van der Waals surface area contributed by atoms with E-state index < -0.39 is 0 Å². The number of aryl methyl sites for hydroxylation is 1. The quantitative estimate of drug-likeness (QED) is 0.809. The fourth-order valence-corrected chi connectivity index (χ4v) is 3.72. The normalized spacial score (nSPS) is 21.3. The fraction of sp³-hybridized carbons (Fsp3) is 0.619. The first-order chi connectivity index (χ1) is 12.3. The Balaban J connectivity index is 1.72. The predicted molar refractivity (Wildman–Crippen MR) is 99.1 cm³/mol. The van der Waals surface area contributed by atoms with Gasteiger partial charge in [-0.05, 0) is 54.9 Å². The second kappa shape index (κ2) is 7.77. The molecule has 0 N–H and O–H groups in total. The lowest BCUT2D eigenvalue weighted by Gasteiger charge is -2.35. The first-order valence-corrected chi connectivity index (χ1v) is 9.67. The van der Waals surface area contributed by atoms with Crippen LogP contribution in [0.5, 0.6) is 0 Å². The van der Waals surface area contributed by atoms with E-state index >= 15 is 0 Å². The molecule has 1 heterocycles. The van der Waals surface area contributed by atoms with Gasteiger partial charge in [-0.1, -0.05) is 19.9 Å². The molecule has 2 fully saturated rings. The van der Waals surface area contributed by atoms with Crippen molar-refractivity contribution in [3.8, 4) is 0 Å². The maximum Gasteiger partial charge on any atom is 0.227 e. The fourth-order valence-electron chi connectivity index (χ4n) is 3.72. The van der Waals surface area contributed by atoms with E-state index in [1.165, 1.54) is 25.0 Å². The number of hydrogen-bond donors (Lipinski definition) is 0. The molecule has 1 aliphatic heterocycles. The zero-order valence-electron chi connectivity index (χ0n) is 16.0. The number of halogens is 1. The highest BCUT2D eigenvalue weighted by molar-refractivity contribution is 5.82. The van der Waals surface area contributed by atoms with Gasteiger partial charge in [-0.3, -0.25) is 9.59 Å². The van der Waals surface area contributed by atoms with Crippen LogP contribution in [0.25, 0.3) is 0 Å². The Morgan fingerprint density at radius 2 is 2.04 bits per heavy atom. The molecule has 142 valence electrons. The van der Waals surface area contributed by atoms with E-state index in [1.54, 1.807) is 6.07 Å². The Kier molecular flexibility index (Phi) is 5.64. The lowest BCUT2D eigenvalue weighted by molar-refractivity contribution is -0.134. The van der Waals surface area contributed by atoms with Gasteiger partial charge in [0.2, 0.25) is 11.8 Å². The van der Waals surface area contributed by atoms with Crippen LogP contribution in [0.3, 0.4) is 0 Å². The Hall–Kier alpha value is -1.91. The third-order valence-corrected chi connectivity index (χ3v) is 5.64. The molecule has 0 bridgehead atoms. The van der Waals surface area contributed by atoms with E-state index in [4.69, 9.17) is 0 Å². The molecule has 2 amide bonds. The van der Waals surface area contributed by atoms with E-state index in [9.17, 15) is 14.0 Å². The van der Waals surface area contributed by atoms with Crippen molar-refractivity contribution in [1.29, 1.82) is 0 Å². The largest absolute Gasteiger partial charge is 0.340 e. The van der Waals surface area contributed by atoms with E-state index in [-0.39, 0.29) is 30.1 Å². The van der Waals surface area contributed by atoms with Gasteiger partial charge in [-0.2, -0.15) is 0 Å². The average Bonchev–Trinajstić information content (AvgIpc) is 3.40. The molecule has 0 spiro atoms. The summed E-state index contributed by atoms with van der Waals surface area (Å²) in [6.07, 6.45) is 3.07. The van der Waals surface area contributed by atoms with Crippen LogP contribution in [0, 0.1) is 24.6 Å². The van der Waals surface area contributed by atoms with Crippen molar-refractivity contribution >= 4 is 11.8 Å². The minimum Gasteiger partial charge on any atom is -0.340 e. The molecule has 0 aromatic heterocycles. The third-order valence-electron chi connectivity index (χ3n) is 5.64. The zero-order chi connectivity index (χ0) is 18.8. The van der Waals surface area contributed by atoms with E-state index in [2.05, 4.69) is 13.8 Å². The van der Waals surface area contributed by atoms with Crippen molar-refractivity contribution in [2.45, 2.75) is 52.5 Å². The van der Waals surface area contributed by atoms with Gasteiger partial charge < -0.3 is 9.80 Å². The molecular formula is C21H29FN2O2. The van der Waals surface area contributed by atoms with Gasteiger partial charge >= 0.3 is 0 Å². The summed E-state index contributed by atoms with van der Waals surface area (Å²) in [7, 11) is 0. The summed E-state index contributed by atoms with van der Waals surface area (Å²) in [5.41, 5.74) is 1.64. The monoisotopic (exact) mass is 360 g/mol. The molecule has 26 heavy (non-hydrogen) atoms. The SMILES string of the molecule is Cc1cc(F)ccc1CC(=O)N1CCC(=O)N(CC2CC2)[C@H](C(C)C)C1. The summed E-state index contributed by atoms with van der Waals surface area (Å²) in [5, 5.41) is 0. The van der Waals surface area contributed by atoms with Crippen LogP contribution < -0.4 is 0 Å². The molecule has 4 nitrogen and oxygen atoms in total. The molecule has 1 saturated carbocycles. The second-order valence-electron chi connectivity index (χ2n) is 8.14. The molecule has 5 heteroatoms. The summed E-state index contributed by atoms with van der Waals surface area (Å²) in [5.74, 6) is 0.855. The van der Waals surface area contributed by atoms with Crippen LogP contribution in [0.2, 0.25) is 0 Å². The summed E-state index contributed by atoms with van der Waals surface area (Å²) >= 11 is 0. The van der Waals surface area contributed by atoms with Crippen LogP contribution >= 0.6 is 0 Å². The lowest BCUT2D eigenvalue weighted by atomic mass is 10.0. The van der Waals surface area contributed by atoms with Crippen LogP contribution in [0.4, 0.5) is 4.39 Å². The molecule has 2 aliphatic rings. The van der Waals surface area contributed by atoms with Gasteiger partial charge in [-0.25, -0.2) is 4.39 Å². The minimum atomic E-state index is -0.283.